The Bertz CT molecular complexity index is 1170. The van der Waals surface area contributed by atoms with E-state index in [4.69, 9.17) is 10.1 Å². The Labute approximate surface area is 162 Å². The van der Waals surface area contributed by atoms with Crippen LogP contribution in [-0.2, 0) is 0 Å². The largest absolute Gasteiger partial charge is 0.352 e. The van der Waals surface area contributed by atoms with Crippen molar-refractivity contribution in [1.82, 2.24) is 29.5 Å². The maximum Gasteiger partial charge on any atom is 0.154 e. The van der Waals surface area contributed by atoms with Crippen molar-refractivity contribution in [3.05, 3.63) is 47.8 Å². The van der Waals surface area contributed by atoms with E-state index in [0.717, 1.165) is 71.6 Å². The second kappa shape index (κ2) is 6.40. The summed E-state index contributed by atoms with van der Waals surface area (Å²) in [4.78, 5) is 22.6. The normalized spacial score (nSPS) is 15.0. The Balaban J connectivity index is 1.41. The van der Waals surface area contributed by atoms with Gasteiger partial charge < -0.3 is 9.80 Å². The van der Waals surface area contributed by atoms with Gasteiger partial charge in [-0.1, -0.05) is 0 Å². The van der Waals surface area contributed by atoms with E-state index in [1.54, 1.807) is 12.4 Å². The molecule has 0 aliphatic carbocycles. The minimum Gasteiger partial charge on any atom is -0.352 e. The number of piperazine rings is 1. The molecule has 8 nitrogen and oxygen atoms in total. The summed E-state index contributed by atoms with van der Waals surface area (Å²) in [5, 5.41) is 5.86. The number of rotatable bonds is 2. The first-order chi connectivity index (χ1) is 13.6. The van der Waals surface area contributed by atoms with Crippen LogP contribution in [0.4, 0.5) is 11.6 Å². The van der Waals surface area contributed by atoms with Gasteiger partial charge in [-0.15, -0.1) is 5.10 Å². The molecule has 4 aromatic rings. The lowest BCUT2D eigenvalue weighted by Crippen LogP contribution is -2.47. The number of anilines is 2. The van der Waals surface area contributed by atoms with E-state index in [1.807, 2.05) is 30.5 Å². The number of fused-ring (bicyclic) bond motifs is 2. The highest BCUT2D eigenvalue weighted by Gasteiger charge is 2.22. The Morgan fingerprint density at radius 3 is 2.46 bits per heavy atom. The summed E-state index contributed by atoms with van der Waals surface area (Å²) in [5.41, 5.74) is 3.90. The minimum atomic E-state index is 0.774. The maximum atomic E-state index is 4.81. The van der Waals surface area contributed by atoms with Gasteiger partial charge in [0.2, 0.25) is 0 Å². The van der Waals surface area contributed by atoms with E-state index in [2.05, 4.69) is 37.7 Å². The molecule has 0 amide bonds. The number of aromatic nitrogens is 6. The predicted molar refractivity (Wildman–Crippen MR) is 109 cm³/mol. The summed E-state index contributed by atoms with van der Waals surface area (Å²) >= 11 is 0. The molecule has 0 aromatic carbocycles. The van der Waals surface area contributed by atoms with Crippen molar-refractivity contribution in [3.8, 4) is 0 Å². The number of nitrogens with zero attached hydrogens (tertiary/aromatic N) is 8. The summed E-state index contributed by atoms with van der Waals surface area (Å²) in [6.45, 7) is 9.56. The third-order valence-electron chi connectivity index (χ3n) is 5.42. The summed E-state index contributed by atoms with van der Waals surface area (Å²) in [6.07, 6.45) is 3.60. The first-order valence-corrected chi connectivity index (χ1v) is 9.51. The molecule has 0 atom stereocenters. The molecule has 0 radical (unpaired) electrons. The average Bonchev–Trinajstić information content (AvgIpc) is 3.01. The molecule has 5 heterocycles. The molecular weight excluding hydrogens is 352 g/mol. The summed E-state index contributed by atoms with van der Waals surface area (Å²) in [5.74, 6) is 2.76. The van der Waals surface area contributed by atoms with Crippen LogP contribution >= 0.6 is 0 Å². The van der Waals surface area contributed by atoms with Gasteiger partial charge in [0.15, 0.2) is 5.65 Å². The third-order valence-corrected chi connectivity index (χ3v) is 5.42. The third kappa shape index (κ3) is 2.72. The molecule has 0 N–H and O–H groups in total. The van der Waals surface area contributed by atoms with E-state index < -0.39 is 0 Å². The van der Waals surface area contributed by atoms with Crippen molar-refractivity contribution < 1.29 is 0 Å². The number of hydrogen-bond donors (Lipinski definition) is 0. The quantitative estimate of drug-likeness (QED) is 0.533. The standard InChI is InChI=1S/C20H22N8/c1-13-14(2)28-18(22-13)4-5-19(25-28)26-8-10-27(11-9-26)20-16-6-7-21-12-17(16)23-15(3)24-20/h4-7,12H,8-11H2,1-3H3. The summed E-state index contributed by atoms with van der Waals surface area (Å²) < 4.78 is 1.94. The van der Waals surface area contributed by atoms with Crippen LogP contribution in [0.1, 0.15) is 17.2 Å². The highest BCUT2D eigenvalue weighted by atomic mass is 15.4. The fourth-order valence-electron chi connectivity index (χ4n) is 3.78. The van der Waals surface area contributed by atoms with Crippen molar-refractivity contribution in [2.45, 2.75) is 20.8 Å². The van der Waals surface area contributed by atoms with Gasteiger partial charge in [-0.3, -0.25) is 4.98 Å². The van der Waals surface area contributed by atoms with Gasteiger partial charge in [-0.2, -0.15) is 0 Å². The lowest BCUT2D eigenvalue weighted by atomic mass is 10.2. The zero-order valence-electron chi connectivity index (χ0n) is 16.3. The number of pyridine rings is 1. The van der Waals surface area contributed by atoms with Gasteiger partial charge in [-0.25, -0.2) is 19.5 Å². The molecule has 8 heteroatoms. The van der Waals surface area contributed by atoms with Gasteiger partial charge in [0.1, 0.15) is 17.5 Å². The average molecular weight is 374 g/mol. The van der Waals surface area contributed by atoms with Gasteiger partial charge in [0, 0.05) is 37.8 Å². The zero-order chi connectivity index (χ0) is 19.3. The van der Waals surface area contributed by atoms with E-state index in [0.29, 0.717) is 0 Å². The van der Waals surface area contributed by atoms with Crippen molar-refractivity contribution in [3.63, 3.8) is 0 Å². The fraction of sp³-hybridized carbons (Fsp3) is 0.350. The van der Waals surface area contributed by atoms with Crippen molar-refractivity contribution in [2.24, 2.45) is 0 Å². The number of hydrogen-bond acceptors (Lipinski definition) is 7. The van der Waals surface area contributed by atoms with E-state index in [9.17, 15) is 0 Å². The Morgan fingerprint density at radius 1 is 0.857 bits per heavy atom. The van der Waals surface area contributed by atoms with E-state index >= 15 is 0 Å². The van der Waals surface area contributed by atoms with Crippen LogP contribution in [0.5, 0.6) is 0 Å². The molecule has 1 saturated heterocycles. The van der Waals surface area contributed by atoms with Crippen LogP contribution in [0.15, 0.2) is 30.6 Å². The van der Waals surface area contributed by atoms with Crippen molar-refractivity contribution >= 4 is 28.2 Å². The molecule has 0 unspecified atom stereocenters. The van der Waals surface area contributed by atoms with Crippen LogP contribution in [0.2, 0.25) is 0 Å². The molecule has 28 heavy (non-hydrogen) atoms. The molecule has 142 valence electrons. The second-order valence-corrected chi connectivity index (χ2v) is 7.21. The Hall–Kier alpha value is -3.29. The molecule has 0 spiro atoms. The van der Waals surface area contributed by atoms with Crippen LogP contribution in [-0.4, -0.2) is 55.7 Å². The first kappa shape index (κ1) is 16.9. The van der Waals surface area contributed by atoms with Gasteiger partial charge >= 0.3 is 0 Å². The topological polar surface area (TPSA) is 75.3 Å². The summed E-state index contributed by atoms with van der Waals surface area (Å²) in [6, 6.07) is 6.10. The van der Waals surface area contributed by atoms with Crippen LogP contribution < -0.4 is 9.80 Å². The minimum absolute atomic E-state index is 0.774. The smallest absolute Gasteiger partial charge is 0.154 e. The van der Waals surface area contributed by atoms with E-state index in [1.165, 1.54) is 0 Å². The molecular formula is C20H22N8. The predicted octanol–water partition coefficient (Wildman–Crippen LogP) is 2.32. The van der Waals surface area contributed by atoms with Gasteiger partial charge in [0.25, 0.3) is 0 Å². The van der Waals surface area contributed by atoms with Crippen LogP contribution in [0, 0.1) is 20.8 Å². The van der Waals surface area contributed by atoms with Crippen molar-refractivity contribution in [1.29, 1.82) is 0 Å². The molecule has 5 rings (SSSR count). The monoisotopic (exact) mass is 374 g/mol. The molecule has 0 saturated carbocycles. The highest BCUT2D eigenvalue weighted by Crippen LogP contribution is 2.25. The fourth-order valence-corrected chi connectivity index (χ4v) is 3.78. The summed E-state index contributed by atoms with van der Waals surface area (Å²) in [7, 11) is 0. The van der Waals surface area contributed by atoms with Crippen LogP contribution in [0.3, 0.4) is 0 Å². The Kier molecular flexibility index (Phi) is 3.85. The van der Waals surface area contributed by atoms with E-state index in [-0.39, 0.29) is 0 Å². The number of imidazole rings is 1. The maximum absolute atomic E-state index is 4.81. The van der Waals surface area contributed by atoms with Gasteiger partial charge in [0.05, 0.1) is 23.1 Å². The number of aryl methyl sites for hydroxylation is 3. The lowest BCUT2D eigenvalue weighted by Gasteiger charge is -2.36. The lowest BCUT2D eigenvalue weighted by molar-refractivity contribution is 0.636. The molecule has 0 bridgehead atoms. The van der Waals surface area contributed by atoms with Gasteiger partial charge in [-0.05, 0) is 39.0 Å². The molecule has 1 fully saturated rings. The highest BCUT2D eigenvalue weighted by molar-refractivity contribution is 5.88. The first-order valence-electron chi connectivity index (χ1n) is 9.51. The molecule has 1 aliphatic heterocycles. The molecule has 1 aliphatic rings. The van der Waals surface area contributed by atoms with Crippen LogP contribution in [0.25, 0.3) is 16.6 Å². The zero-order valence-corrected chi connectivity index (χ0v) is 16.3. The SMILES string of the molecule is Cc1nc(N2CCN(c3ccc4nc(C)c(C)n4n3)CC2)c2ccncc2n1. The van der Waals surface area contributed by atoms with Crippen molar-refractivity contribution in [2.75, 3.05) is 36.0 Å². The molecule has 4 aromatic heterocycles. The Morgan fingerprint density at radius 2 is 1.64 bits per heavy atom. The second-order valence-electron chi connectivity index (χ2n) is 7.21.